The summed E-state index contributed by atoms with van der Waals surface area (Å²) >= 11 is 0. The molecule has 0 aliphatic carbocycles. The lowest BCUT2D eigenvalue weighted by Gasteiger charge is -2.07. The molecule has 0 aliphatic rings. The van der Waals surface area contributed by atoms with Crippen molar-refractivity contribution in [3.8, 4) is 5.75 Å². The van der Waals surface area contributed by atoms with Gasteiger partial charge in [-0.05, 0) is 6.92 Å². The second-order valence-electron chi connectivity index (χ2n) is 3.65. The van der Waals surface area contributed by atoms with Gasteiger partial charge in [0.25, 0.3) is 0 Å². The summed E-state index contributed by atoms with van der Waals surface area (Å²) in [7, 11) is 1.65. The molecule has 1 aromatic rings. The van der Waals surface area contributed by atoms with Crippen LogP contribution in [0.4, 0.5) is 0 Å². The molecule has 0 atom stereocenters. The molecule has 0 radical (unpaired) electrons. The van der Waals surface area contributed by atoms with Crippen molar-refractivity contribution in [2.75, 3.05) is 33.5 Å². The Morgan fingerprint density at radius 2 is 2.18 bits per heavy atom. The van der Waals surface area contributed by atoms with E-state index in [0.717, 1.165) is 23.7 Å². The van der Waals surface area contributed by atoms with Crippen molar-refractivity contribution in [1.82, 2.24) is 10.3 Å². The van der Waals surface area contributed by atoms with E-state index in [1.165, 1.54) is 0 Å². The van der Waals surface area contributed by atoms with Crippen molar-refractivity contribution in [3.63, 3.8) is 0 Å². The van der Waals surface area contributed by atoms with Gasteiger partial charge < -0.3 is 19.9 Å². The molecule has 5 heteroatoms. The van der Waals surface area contributed by atoms with Gasteiger partial charge in [0.1, 0.15) is 5.75 Å². The quantitative estimate of drug-likeness (QED) is 0.648. The fourth-order valence-electron chi connectivity index (χ4n) is 1.44. The van der Waals surface area contributed by atoms with Gasteiger partial charge >= 0.3 is 0 Å². The van der Waals surface area contributed by atoms with Gasteiger partial charge in [0.2, 0.25) is 0 Å². The molecule has 17 heavy (non-hydrogen) atoms. The van der Waals surface area contributed by atoms with Crippen molar-refractivity contribution in [1.29, 1.82) is 0 Å². The molecule has 0 unspecified atom stereocenters. The lowest BCUT2D eigenvalue weighted by molar-refractivity contribution is 0.0937. The molecule has 0 amide bonds. The van der Waals surface area contributed by atoms with E-state index in [4.69, 9.17) is 14.6 Å². The molecule has 0 saturated heterocycles. The Balaban J connectivity index is 2.28. The Bertz CT molecular complexity index is 332. The maximum absolute atomic E-state index is 8.52. The lowest BCUT2D eigenvalue weighted by atomic mass is 10.3. The third-order valence-electron chi connectivity index (χ3n) is 2.18. The van der Waals surface area contributed by atoms with Gasteiger partial charge in [-0.15, -0.1) is 0 Å². The van der Waals surface area contributed by atoms with Crippen LogP contribution in [0, 0.1) is 6.92 Å². The molecule has 0 bridgehead atoms. The number of rotatable bonds is 8. The van der Waals surface area contributed by atoms with E-state index in [-0.39, 0.29) is 6.61 Å². The van der Waals surface area contributed by atoms with Gasteiger partial charge in [0.05, 0.1) is 32.6 Å². The highest BCUT2D eigenvalue weighted by Crippen LogP contribution is 2.12. The summed E-state index contributed by atoms with van der Waals surface area (Å²) in [5, 5.41) is 11.7. The van der Waals surface area contributed by atoms with Crippen molar-refractivity contribution >= 4 is 0 Å². The van der Waals surface area contributed by atoms with Crippen LogP contribution in [0.1, 0.15) is 11.4 Å². The first-order valence-electron chi connectivity index (χ1n) is 5.67. The van der Waals surface area contributed by atoms with E-state index < -0.39 is 0 Å². The molecule has 0 saturated carbocycles. The average molecular weight is 240 g/mol. The third-order valence-corrected chi connectivity index (χ3v) is 2.18. The minimum atomic E-state index is 0.0661. The number of nitrogens with zero attached hydrogens (tertiary/aromatic N) is 1. The third kappa shape index (κ3) is 5.63. The topological polar surface area (TPSA) is 63.6 Å². The number of methoxy groups -OCH3 is 1. The van der Waals surface area contributed by atoms with Gasteiger partial charge in [-0.25, -0.2) is 0 Å². The Morgan fingerprint density at radius 3 is 2.88 bits per heavy atom. The summed E-state index contributed by atoms with van der Waals surface area (Å²) in [5.41, 5.74) is 1.89. The number of hydrogen-bond acceptors (Lipinski definition) is 5. The smallest absolute Gasteiger partial charge is 0.122 e. The number of aromatic nitrogens is 1. The lowest BCUT2D eigenvalue weighted by Crippen LogP contribution is -2.20. The van der Waals surface area contributed by atoms with E-state index in [0.29, 0.717) is 19.8 Å². The zero-order chi connectivity index (χ0) is 12.5. The van der Waals surface area contributed by atoms with Crippen LogP contribution in [0.25, 0.3) is 0 Å². The second kappa shape index (κ2) is 8.00. The van der Waals surface area contributed by atoms with Crippen molar-refractivity contribution in [3.05, 3.63) is 23.5 Å². The monoisotopic (exact) mass is 240 g/mol. The van der Waals surface area contributed by atoms with Crippen LogP contribution in [0.15, 0.2) is 12.1 Å². The van der Waals surface area contributed by atoms with Crippen molar-refractivity contribution in [2.24, 2.45) is 0 Å². The maximum Gasteiger partial charge on any atom is 0.122 e. The minimum absolute atomic E-state index is 0.0661. The zero-order valence-corrected chi connectivity index (χ0v) is 10.4. The van der Waals surface area contributed by atoms with Crippen LogP contribution >= 0.6 is 0 Å². The normalized spacial score (nSPS) is 10.5. The van der Waals surface area contributed by atoms with Gasteiger partial charge in [-0.2, -0.15) is 0 Å². The molecule has 0 spiro atoms. The summed E-state index contributed by atoms with van der Waals surface area (Å²) in [6, 6.07) is 3.81. The molecule has 0 aromatic carbocycles. The highest BCUT2D eigenvalue weighted by atomic mass is 16.5. The number of aliphatic hydroxyl groups excluding tert-OH is 1. The largest absolute Gasteiger partial charge is 0.497 e. The minimum Gasteiger partial charge on any atom is -0.497 e. The fourth-order valence-corrected chi connectivity index (χ4v) is 1.44. The summed E-state index contributed by atoms with van der Waals surface area (Å²) in [5.74, 6) is 0.825. The van der Waals surface area contributed by atoms with Crippen LogP contribution in [0.3, 0.4) is 0 Å². The summed E-state index contributed by atoms with van der Waals surface area (Å²) in [6.07, 6.45) is 0. The number of pyridine rings is 1. The Labute approximate surface area is 102 Å². The summed E-state index contributed by atoms with van der Waals surface area (Å²) < 4.78 is 10.3. The highest BCUT2D eigenvalue weighted by Gasteiger charge is 2.00. The molecule has 0 fully saturated rings. The molecule has 0 aliphatic heterocycles. The first kappa shape index (κ1) is 13.9. The van der Waals surface area contributed by atoms with Crippen LogP contribution in [0.2, 0.25) is 0 Å². The molecule has 1 heterocycles. The van der Waals surface area contributed by atoms with Crippen molar-refractivity contribution in [2.45, 2.75) is 13.5 Å². The fraction of sp³-hybridized carbons (Fsp3) is 0.583. The van der Waals surface area contributed by atoms with E-state index in [1.54, 1.807) is 7.11 Å². The molecule has 96 valence electrons. The first-order valence-corrected chi connectivity index (χ1v) is 5.67. The van der Waals surface area contributed by atoms with E-state index in [2.05, 4.69) is 10.3 Å². The van der Waals surface area contributed by atoms with Gasteiger partial charge in [-0.3, -0.25) is 4.98 Å². The van der Waals surface area contributed by atoms with E-state index in [9.17, 15) is 0 Å². The van der Waals surface area contributed by atoms with E-state index >= 15 is 0 Å². The SMILES string of the molecule is COc1cc(C)nc(CNCCOCCO)c1. The highest BCUT2D eigenvalue weighted by molar-refractivity contribution is 5.26. The molecule has 5 nitrogen and oxygen atoms in total. The Hall–Kier alpha value is -1.17. The molecule has 1 rings (SSSR count). The second-order valence-corrected chi connectivity index (χ2v) is 3.65. The first-order chi connectivity index (χ1) is 8.26. The molecular formula is C12H20N2O3. The molecule has 2 N–H and O–H groups in total. The number of aliphatic hydroxyl groups is 1. The van der Waals surface area contributed by atoms with Crippen LogP contribution in [-0.4, -0.2) is 43.6 Å². The Morgan fingerprint density at radius 1 is 1.35 bits per heavy atom. The van der Waals surface area contributed by atoms with Crippen LogP contribution in [-0.2, 0) is 11.3 Å². The predicted molar refractivity (Wildman–Crippen MR) is 65.1 cm³/mol. The number of hydrogen-bond donors (Lipinski definition) is 2. The van der Waals surface area contributed by atoms with Gasteiger partial charge in [0.15, 0.2) is 0 Å². The number of ether oxygens (including phenoxy) is 2. The number of aryl methyl sites for hydroxylation is 1. The van der Waals surface area contributed by atoms with E-state index in [1.807, 2.05) is 19.1 Å². The van der Waals surface area contributed by atoms with Gasteiger partial charge in [0, 0.05) is 30.9 Å². The average Bonchev–Trinajstić information content (AvgIpc) is 2.33. The maximum atomic E-state index is 8.52. The predicted octanol–water partition coefficient (Wildman–Crippen LogP) is 0.497. The van der Waals surface area contributed by atoms with Crippen LogP contribution in [0.5, 0.6) is 5.75 Å². The zero-order valence-electron chi connectivity index (χ0n) is 10.4. The summed E-state index contributed by atoms with van der Waals surface area (Å²) in [4.78, 5) is 4.39. The molecular weight excluding hydrogens is 220 g/mol. The summed E-state index contributed by atoms with van der Waals surface area (Å²) in [6.45, 7) is 4.40. The standard InChI is InChI=1S/C12H20N2O3/c1-10-7-12(16-2)8-11(14-10)9-13-3-5-17-6-4-15/h7-8,13,15H,3-6,9H2,1-2H3. The Kier molecular flexibility index (Phi) is 6.54. The van der Waals surface area contributed by atoms with Crippen LogP contribution < -0.4 is 10.1 Å². The van der Waals surface area contributed by atoms with Gasteiger partial charge in [-0.1, -0.05) is 0 Å². The molecule has 1 aromatic heterocycles. The number of nitrogens with one attached hydrogen (secondary N) is 1. The van der Waals surface area contributed by atoms with Crippen molar-refractivity contribution < 1.29 is 14.6 Å².